The predicted octanol–water partition coefficient (Wildman–Crippen LogP) is 3.55. The molecule has 1 amide bonds. The number of aryl methyl sites for hydroxylation is 1. The first kappa shape index (κ1) is 16.8. The SMILES string of the molecule is COc1ccc2c(c1)CCCN(C(=O)[C@H](C)Sc1ccccn1)C2. The average molecular weight is 342 g/mol. The zero-order valence-corrected chi connectivity index (χ0v) is 14.9. The molecule has 0 saturated heterocycles. The number of hydrogen-bond acceptors (Lipinski definition) is 4. The Kier molecular flexibility index (Phi) is 5.41. The largest absolute Gasteiger partial charge is 0.497 e. The first-order valence-corrected chi connectivity index (χ1v) is 9.07. The first-order chi connectivity index (χ1) is 11.7. The molecule has 1 aromatic heterocycles. The summed E-state index contributed by atoms with van der Waals surface area (Å²) in [6.07, 6.45) is 3.72. The van der Waals surface area contributed by atoms with E-state index in [4.69, 9.17) is 4.74 Å². The van der Waals surface area contributed by atoms with Gasteiger partial charge in [0, 0.05) is 19.3 Å². The Morgan fingerprint density at radius 1 is 1.29 bits per heavy atom. The van der Waals surface area contributed by atoms with Gasteiger partial charge in [-0.05, 0) is 55.2 Å². The fourth-order valence-electron chi connectivity index (χ4n) is 2.95. The molecule has 1 aliphatic rings. The number of carbonyl (C=O) groups excluding carboxylic acids is 1. The normalized spacial score (nSPS) is 15.3. The van der Waals surface area contributed by atoms with Gasteiger partial charge in [-0.25, -0.2) is 4.98 Å². The maximum atomic E-state index is 12.8. The van der Waals surface area contributed by atoms with Crippen molar-refractivity contribution >= 4 is 17.7 Å². The summed E-state index contributed by atoms with van der Waals surface area (Å²) < 4.78 is 5.31. The minimum atomic E-state index is -0.139. The molecular formula is C19H22N2O2S. The first-order valence-electron chi connectivity index (χ1n) is 8.19. The van der Waals surface area contributed by atoms with Crippen molar-refractivity contribution in [3.05, 3.63) is 53.7 Å². The van der Waals surface area contributed by atoms with Crippen LogP contribution in [-0.4, -0.2) is 34.7 Å². The van der Waals surface area contributed by atoms with Crippen molar-refractivity contribution in [3.8, 4) is 5.75 Å². The van der Waals surface area contributed by atoms with Crippen molar-refractivity contribution in [2.24, 2.45) is 0 Å². The number of methoxy groups -OCH3 is 1. The van der Waals surface area contributed by atoms with Crippen LogP contribution in [0.25, 0.3) is 0 Å². The summed E-state index contributed by atoms with van der Waals surface area (Å²) in [4.78, 5) is 19.1. The van der Waals surface area contributed by atoms with Gasteiger partial charge in [0.2, 0.25) is 5.91 Å². The molecule has 1 aliphatic heterocycles. The van der Waals surface area contributed by atoms with E-state index in [1.54, 1.807) is 13.3 Å². The fourth-order valence-corrected chi connectivity index (χ4v) is 3.85. The molecule has 0 aliphatic carbocycles. The Labute approximate surface area is 147 Å². The van der Waals surface area contributed by atoms with E-state index in [1.807, 2.05) is 36.1 Å². The molecule has 126 valence electrons. The molecule has 0 N–H and O–H groups in total. The van der Waals surface area contributed by atoms with E-state index in [1.165, 1.54) is 22.9 Å². The van der Waals surface area contributed by atoms with Gasteiger partial charge in [-0.15, -0.1) is 0 Å². The second-order valence-electron chi connectivity index (χ2n) is 5.93. The van der Waals surface area contributed by atoms with E-state index >= 15 is 0 Å². The highest BCUT2D eigenvalue weighted by molar-refractivity contribution is 8.00. The van der Waals surface area contributed by atoms with Crippen molar-refractivity contribution < 1.29 is 9.53 Å². The smallest absolute Gasteiger partial charge is 0.236 e. The second kappa shape index (κ2) is 7.71. The molecule has 1 aromatic carbocycles. The van der Waals surface area contributed by atoms with Gasteiger partial charge in [-0.1, -0.05) is 23.9 Å². The lowest BCUT2D eigenvalue weighted by molar-refractivity contribution is -0.130. The third-order valence-electron chi connectivity index (χ3n) is 4.24. The Bertz CT molecular complexity index is 706. The Balaban J connectivity index is 1.70. The van der Waals surface area contributed by atoms with Crippen LogP contribution in [0.2, 0.25) is 0 Å². The predicted molar refractivity (Wildman–Crippen MR) is 96.3 cm³/mol. The lowest BCUT2D eigenvalue weighted by Crippen LogP contribution is -2.36. The number of rotatable bonds is 4. The van der Waals surface area contributed by atoms with E-state index in [0.29, 0.717) is 6.54 Å². The van der Waals surface area contributed by atoms with E-state index in [0.717, 1.165) is 30.2 Å². The molecule has 24 heavy (non-hydrogen) atoms. The topological polar surface area (TPSA) is 42.4 Å². The highest BCUT2D eigenvalue weighted by Gasteiger charge is 2.24. The lowest BCUT2D eigenvalue weighted by Gasteiger charge is -2.24. The second-order valence-corrected chi connectivity index (χ2v) is 7.29. The van der Waals surface area contributed by atoms with Crippen molar-refractivity contribution in [2.45, 2.75) is 36.6 Å². The lowest BCUT2D eigenvalue weighted by atomic mass is 10.0. The fraction of sp³-hybridized carbons (Fsp3) is 0.368. The molecule has 0 bridgehead atoms. The minimum absolute atomic E-state index is 0.139. The quantitative estimate of drug-likeness (QED) is 0.797. The number of ether oxygens (including phenoxy) is 1. The minimum Gasteiger partial charge on any atom is -0.497 e. The summed E-state index contributed by atoms with van der Waals surface area (Å²) >= 11 is 1.52. The highest BCUT2D eigenvalue weighted by atomic mass is 32.2. The molecule has 0 spiro atoms. The number of benzene rings is 1. The monoisotopic (exact) mass is 342 g/mol. The molecule has 1 atom stereocenters. The maximum absolute atomic E-state index is 12.8. The van der Waals surface area contributed by atoms with Gasteiger partial charge in [-0.3, -0.25) is 4.79 Å². The molecule has 4 nitrogen and oxygen atoms in total. The van der Waals surface area contributed by atoms with Crippen LogP contribution in [0.4, 0.5) is 0 Å². The van der Waals surface area contributed by atoms with Crippen LogP contribution in [0.15, 0.2) is 47.6 Å². The van der Waals surface area contributed by atoms with Crippen molar-refractivity contribution in [3.63, 3.8) is 0 Å². The van der Waals surface area contributed by atoms with Crippen LogP contribution >= 0.6 is 11.8 Å². The number of carbonyl (C=O) groups is 1. The number of nitrogens with zero attached hydrogens (tertiary/aromatic N) is 2. The van der Waals surface area contributed by atoms with Gasteiger partial charge in [0.25, 0.3) is 0 Å². The van der Waals surface area contributed by atoms with Crippen LogP contribution in [0.5, 0.6) is 5.75 Å². The van der Waals surface area contributed by atoms with Gasteiger partial charge in [0.15, 0.2) is 0 Å². The number of fused-ring (bicyclic) bond motifs is 1. The van der Waals surface area contributed by atoms with Gasteiger partial charge >= 0.3 is 0 Å². The molecule has 0 fully saturated rings. The number of aromatic nitrogens is 1. The summed E-state index contributed by atoms with van der Waals surface area (Å²) in [5.41, 5.74) is 2.51. The highest BCUT2D eigenvalue weighted by Crippen LogP contribution is 2.27. The van der Waals surface area contributed by atoms with Crippen LogP contribution in [0.3, 0.4) is 0 Å². The number of hydrogen-bond donors (Lipinski definition) is 0. The zero-order valence-electron chi connectivity index (χ0n) is 14.1. The number of pyridine rings is 1. The average Bonchev–Trinajstić information content (AvgIpc) is 2.83. The number of thioether (sulfide) groups is 1. The van der Waals surface area contributed by atoms with Crippen molar-refractivity contribution in [2.75, 3.05) is 13.7 Å². The summed E-state index contributed by atoms with van der Waals surface area (Å²) in [5, 5.41) is 0.748. The molecule has 2 aromatic rings. The Morgan fingerprint density at radius 3 is 2.92 bits per heavy atom. The molecule has 0 saturated carbocycles. The van der Waals surface area contributed by atoms with Gasteiger partial charge in [0.05, 0.1) is 17.4 Å². The number of amides is 1. The maximum Gasteiger partial charge on any atom is 0.236 e. The standard InChI is InChI=1S/C19H22N2O2S/c1-14(24-18-7-3-4-10-20-18)19(22)21-11-5-6-15-12-17(23-2)9-8-16(15)13-21/h3-4,7-10,12,14H,5-6,11,13H2,1-2H3/t14-/m0/s1. The summed E-state index contributed by atoms with van der Waals surface area (Å²) in [5.74, 6) is 1.06. The van der Waals surface area contributed by atoms with Crippen LogP contribution in [0.1, 0.15) is 24.5 Å². The van der Waals surface area contributed by atoms with Crippen molar-refractivity contribution in [1.82, 2.24) is 9.88 Å². The van der Waals surface area contributed by atoms with E-state index in [9.17, 15) is 4.79 Å². The Hall–Kier alpha value is -2.01. The van der Waals surface area contributed by atoms with E-state index in [2.05, 4.69) is 17.1 Å². The zero-order chi connectivity index (χ0) is 16.9. The summed E-state index contributed by atoms with van der Waals surface area (Å²) in [6.45, 7) is 3.43. The van der Waals surface area contributed by atoms with Crippen LogP contribution in [0, 0.1) is 0 Å². The van der Waals surface area contributed by atoms with Crippen LogP contribution < -0.4 is 4.74 Å². The molecular weight excluding hydrogens is 320 g/mol. The summed E-state index contributed by atoms with van der Waals surface area (Å²) in [7, 11) is 1.69. The molecule has 5 heteroatoms. The van der Waals surface area contributed by atoms with Crippen LogP contribution in [-0.2, 0) is 17.8 Å². The van der Waals surface area contributed by atoms with Crippen molar-refractivity contribution in [1.29, 1.82) is 0 Å². The molecule has 0 unspecified atom stereocenters. The van der Waals surface area contributed by atoms with E-state index in [-0.39, 0.29) is 11.2 Å². The van der Waals surface area contributed by atoms with Gasteiger partial charge in [-0.2, -0.15) is 0 Å². The van der Waals surface area contributed by atoms with E-state index < -0.39 is 0 Å². The third-order valence-corrected chi connectivity index (χ3v) is 5.28. The van der Waals surface area contributed by atoms with Gasteiger partial charge < -0.3 is 9.64 Å². The van der Waals surface area contributed by atoms with Gasteiger partial charge in [0.1, 0.15) is 5.75 Å². The molecule has 2 heterocycles. The molecule has 0 radical (unpaired) electrons. The molecule has 3 rings (SSSR count). The summed E-state index contributed by atoms with van der Waals surface area (Å²) in [6, 6.07) is 11.9. The Morgan fingerprint density at radius 2 is 2.17 bits per heavy atom. The third kappa shape index (κ3) is 3.90.